The third-order valence-electron chi connectivity index (χ3n) is 4.27. The molecule has 0 saturated heterocycles. The van der Waals surface area contributed by atoms with E-state index in [0.717, 1.165) is 16.9 Å². The lowest BCUT2D eigenvalue weighted by Gasteiger charge is -2.19. The summed E-state index contributed by atoms with van der Waals surface area (Å²) in [6, 6.07) is 13.7. The standard InChI is InChI=1S/C19H22N4O/c1-14-10-11-20-23(14)16(3)19(24)21-15(2)17-6-8-18(9-7-17)22-12-4-5-13-22/h4-13,15-16H,1-3H3,(H,21,24). The van der Waals surface area contributed by atoms with E-state index in [0.29, 0.717) is 0 Å². The number of rotatable bonds is 5. The van der Waals surface area contributed by atoms with Gasteiger partial charge in [-0.2, -0.15) is 5.10 Å². The van der Waals surface area contributed by atoms with Crippen LogP contribution < -0.4 is 5.32 Å². The van der Waals surface area contributed by atoms with Crippen molar-refractivity contribution in [2.75, 3.05) is 0 Å². The van der Waals surface area contributed by atoms with Crippen molar-refractivity contribution in [1.29, 1.82) is 0 Å². The lowest BCUT2D eigenvalue weighted by Crippen LogP contribution is -2.33. The second-order valence-electron chi connectivity index (χ2n) is 6.01. The third kappa shape index (κ3) is 3.25. The van der Waals surface area contributed by atoms with E-state index in [1.165, 1.54) is 0 Å². The summed E-state index contributed by atoms with van der Waals surface area (Å²) in [7, 11) is 0. The number of nitrogens with zero attached hydrogens (tertiary/aromatic N) is 3. The zero-order valence-corrected chi connectivity index (χ0v) is 14.2. The molecule has 2 unspecified atom stereocenters. The summed E-state index contributed by atoms with van der Waals surface area (Å²) in [5, 5.41) is 7.27. The molecular weight excluding hydrogens is 300 g/mol. The molecule has 0 radical (unpaired) electrons. The second-order valence-corrected chi connectivity index (χ2v) is 6.01. The molecule has 0 bridgehead atoms. The first-order valence-electron chi connectivity index (χ1n) is 8.10. The number of nitrogens with one attached hydrogen (secondary N) is 1. The quantitative estimate of drug-likeness (QED) is 0.782. The molecule has 124 valence electrons. The van der Waals surface area contributed by atoms with Gasteiger partial charge in [-0.3, -0.25) is 9.48 Å². The highest BCUT2D eigenvalue weighted by Gasteiger charge is 2.19. The Bertz CT molecular complexity index is 802. The highest BCUT2D eigenvalue weighted by Crippen LogP contribution is 2.17. The van der Waals surface area contributed by atoms with Gasteiger partial charge < -0.3 is 9.88 Å². The van der Waals surface area contributed by atoms with Crippen molar-refractivity contribution >= 4 is 5.91 Å². The predicted octanol–water partition coefficient (Wildman–Crippen LogP) is 3.42. The Balaban J connectivity index is 1.67. The van der Waals surface area contributed by atoms with Gasteiger partial charge in [-0.25, -0.2) is 0 Å². The molecule has 0 fully saturated rings. The van der Waals surface area contributed by atoms with Crippen LogP contribution in [0.25, 0.3) is 5.69 Å². The number of benzene rings is 1. The second kappa shape index (κ2) is 6.74. The molecule has 1 amide bonds. The summed E-state index contributed by atoms with van der Waals surface area (Å²) in [6.45, 7) is 5.79. The van der Waals surface area contributed by atoms with Crippen LogP contribution in [0.3, 0.4) is 0 Å². The third-order valence-corrected chi connectivity index (χ3v) is 4.27. The van der Waals surface area contributed by atoms with Crippen molar-refractivity contribution in [1.82, 2.24) is 19.7 Å². The van der Waals surface area contributed by atoms with E-state index in [9.17, 15) is 4.79 Å². The Hall–Kier alpha value is -2.82. The Labute approximate surface area is 141 Å². The van der Waals surface area contributed by atoms with Crippen molar-refractivity contribution in [3.05, 3.63) is 72.3 Å². The van der Waals surface area contributed by atoms with E-state index in [1.807, 2.05) is 63.5 Å². The predicted molar refractivity (Wildman–Crippen MR) is 94.0 cm³/mol. The number of carbonyl (C=O) groups excluding carboxylic acids is 1. The van der Waals surface area contributed by atoms with Gasteiger partial charge >= 0.3 is 0 Å². The molecule has 0 spiro atoms. The van der Waals surface area contributed by atoms with Crippen LogP contribution in [0, 0.1) is 6.92 Å². The van der Waals surface area contributed by atoms with Crippen LogP contribution in [0.2, 0.25) is 0 Å². The minimum absolute atomic E-state index is 0.0382. The molecule has 1 aromatic carbocycles. The first-order valence-corrected chi connectivity index (χ1v) is 8.10. The molecule has 0 aliphatic heterocycles. The number of amides is 1. The number of hydrogen-bond acceptors (Lipinski definition) is 2. The molecule has 0 aliphatic rings. The maximum atomic E-state index is 12.5. The highest BCUT2D eigenvalue weighted by molar-refractivity contribution is 5.80. The Morgan fingerprint density at radius 1 is 1.08 bits per heavy atom. The van der Waals surface area contributed by atoms with E-state index in [4.69, 9.17) is 0 Å². The Morgan fingerprint density at radius 3 is 2.33 bits per heavy atom. The fourth-order valence-electron chi connectivity index (χ4n) is 2.76. The molecule has 0 saturated carbocycles. The number of aromatic nitrogens is 3. The number of carbonyl (C=O) groups is 1. The monoisotopic (exact) mass is 322 g/mol. The van der Waals surface area contributed by atoms with Gasteiger partial charge in [0.05, 0.1) is 6.04 Å². The van der Waals surface area contributed by atoms with Crippen molar-refractivity contribution in [2.45, 2.75) is 32.9 Å². The van der Waals surface area contributed by atoms with Crippen LogP contribution in [0.5, 0.6) is 0 Å². The van der Waals surface area contributed by atoms with E-state index in [1.54, 1.807) is 10.9 Å². The van der Waals surface area contributed by atoms with Crippen LogP contribution in [0.1, 0.15) is 37.2 Å². The Kier molecular flexibility index (Phi) is 4.51. The molecule has 3 rings (SSSR count). The van der Waals surface area contributed by atoms with Crippen LogP contribution >= 0.6 is 0 Å². The van der Waals surface area contributed by atoms with Crippen LogP contribution in [0.4, 0.5) is 0 Å². The molecule has 2 aromatic heterocycles. The molecule has 2 heterocycles. The smallest absolute Gasteiger partial charge is 0.245 e. The van der Waals surface area contributed by atoms with E-state index >= 15 is 0 Å². The summed E-state index contributed by atoms with van der Waals surface area (Å²) in [5.41, 5.74) is 3.15. The highest BCUT2D eigenvalue weighted by atomic mass is 16.2. The van der Waals surface area contributed by atoms with Crippen LogP contribution in [-0.4, -0.2) is 20.3 Å². The molecule has 24 heavy (non-hydrogen) atoms. The van der Waals surface area contributed by atoms with Gasteiger partial charge in [-0.15, -0.1) is 0 Å². The molecule has 5 heteroatoms. The number of aryl methyl sites for hydroxylation is 1. The van der Waals surface area contributed by atoms with Gasteiger partial charge in [-0.1, -0.05) is 12.1 Å². The van der Waals surface area contributed by atoms with Crippen LogP contribution in [0.15, 0.2) is 61.1 Å². The fraction of sp³-hybridized carbons (Fsp3) is 0.263. The average Bonchev–Trinajstić information content (AvgIpc) is 3.25. The zero-order chi connectivity index (χ0) is 17.1. The summed E-state index contributed by atoms with van der Waals surface area (Å²) in [4.78, 5) is 12.5. The topological polar surface area (TPSA) is 51.9 Å². The van der Waals surface area contributed by atoms with E-state index in [2.05, 4.69) is 27.1 Å². The summed E-state index contributed by atoms with van der Waals surface area (Å²) in [6.07, 6.45) is 5.73. The molecule has 0 aliphatic carbocycles. The SMILES string of the molecule is Cc1ccnn1C(C)C(=O)NC(C)c1ccc(-n2cccc2)cc1. The summed E-state index contributed by atoms with van der Waals surface area (Å²) >= 11 is 0. The molecule has 1 N–H and O–H groups in total. The minimum Gasteiger partial charge on any atom is -0.348 e. The average molecular weight is 322 g/mol. The van der Waals surface area contributed by atoms with Crippen molar-refractivity contribution in [3.63, 3.8) is 0 Å². The van der Waals surface area contributed by atoms with E-state index in [-0.39, 0.29) is 18.0 Å². The fourth-order valence-corrected chi connectivity index (χ4v) is 2.76. The van der Waals surface area contributed by atoms with Gasteiger partial charge in [0, 0.05) is 30.0 Å². The van der Waals surface area contributed by atoms with Gasteiger partial charge in [-0.05, 0) is 56.7 Å². The van der Waals surface area contributed by atoms with Gasteiger partial charge in [0.2, 0.25) is 5.91 Å². The normalized spacial score (nSPS) is 13.5. The maximum absolute atomic E-state index is 12.5. The molecule has 3 aromatic rings. The molecule has 2 atom stereocenters. The lowest BCUT2D eigenvalue weighted by molar-refractivity contribution is -0.124. The van der Waals surface area contributed by atoms with Gasteiger partial charge in [0.1, 0.15) is 6.04 Å². The largest absolute Gasteiger partial charge is 0.348 e. The first-order chi connectivity index (χ1) is 11.6. The maximum Gasteiger partial charge on any atom is 0.245 e. The first kappa shape index (κ1) is 16.1. The van der Waals surface area contributed by atoms with Crippen molar-refractivity contribution in [2.24, 2.45) is 0 Å². The minimum atomic E-state index is -0.332. The van der Waals surface area contributed by atoms with Crippen molar-refractivity contribution < 1.29 is 4.79 Å². The molecular formula is C19H22N4O. The van der Waals surface area contributed by atoms with Gasteiger partial charge in [0.25, 0.3) is 0 Å². The van der Waals surface area contributed by atoms with Gasteiger partial charge in [0.15, 0.2) is 0 Å². The lowest BCUT2D eigenvalue weighted by atomic mass is 10.1. The summed E-state index contributed by atoms with van der Waals surface area (Å²) < 4.78 is 3.78. The van der Waals surface area contributed by atoms with E-state index < -0.39 is 0 Å². The number of hydrogen-bond donors (Lipinski definition) is 1. The Morgan fingerprint density at radius 2 is 1.75 bits per heavy atom. The molecule has 5 nitrogen and oxygen atoms in total. The zero-order valence-electron chi connectivity index (χ0n) is 14.2. The summed E-state index contributed by atoms with van der Waals surface area (Å²) in [5.74, 6) is -0.0382. The van der Waals surface area contributed by atoms with Crippen molar-refractivity contribution in [3.8, 4) is 5.69 Å². The van der Waals surface area contributed by atoms with Crippen LogP contribution in [-0.2, 0) is 4.79 Å².